The summed E-state index contributed by atoms with van der Waals surface area (Å²) in [7, 11) is 2.09. The van der Waals surface area contributed by atoms with Gasteiger partial charge in [-0.3, -0.25) is 4.79 Å². The first kappa shape index (κ1) is 23.4. The van der Waals surface area contributed by atoms with Gasteiger partial charge in [0.1, 0.15) is 6.10 Å². The maximum Gasteiger partial charge on any atom is 0.410 e. The first-order valence-electron chi connectivity index (χ1n) is 13.2. The molecule has 4 saturated carbocycles. The number of nitrogens with two attached hydrogens (primary N) is 1. The fourth-order valence-corrected chi connectivity index (χ4v) is 9.00. The zero-order valence-corrected chi connectivity index (χ0v) is 20.7. The zero-order valence-electron chi connectivity index (χ0n) is 20.7. The fourth-order valence-electron chi connectivity index (χ4n) is 9.00. The van der Waals surface area contributed by atoms with Crippen LogP contribution in [-0.4, -0.2) is 71.8 Å². The van der Waals surface area contributed by atoms with Gasteiger partial charge in [0.15, 0.2) is 0 Å². The Morgan fingerprint density at radius 2 is 1.67 bits per heavy atom. The Morgan fingerprint density at radius 3 is 2.36 bits per heavy atom. The lowest BCUT2D eigenvalue weighted by atomic mass is 9.42. The van der Waals surface area contributed by atoms with Crippen LogP contribution in [0.3, 0.4) is 0 Å². The van der Waals surface area contributed by atoms with Gasteiger partial charge in [-0.05, 0) is 93.4 Å². The Morgan fingerprint density at radius 1 is 0.939 bits per heavy atom. The number of piperazine rings is 1. The summed E-state index contributed by atoms with van der Waals surface area (Å²) in [6, 6.07) is 0. The monoisotopic (exact) mass is 461 g/mol. The van der Waals surface area contributed by atoms with Crippen LogP contribution in [0.1, 0.15) is 71.6 Å². The third kappa shape index (κ3) is 3.51. The van der Waals surface area contributed by atoms with Crippen molar-refractivity contribution in [3.8, 4) is 0 Å². The van der Waals surface area contributed by atoms with Crippen molar-refractivity contribution in [1.29, 1.82) is 0 Å². The average molecular weight is 462 g/mol. The maximum absolute atomic E-state index is 12.7. The van der Waals surface area contributed by atoms with Gasteiger partial charge in [-0.1, -0.05) is 13.8 Å². The summed E-state index contributed by atoms with van der Waals surface area (Å²) in [4.78, 5) is 28.9. The van der Waals surface area contributed by atoms with Crippen molar-refractivity contribution in [3.05, 3.63) is 0 Å². The molecule has 1 amide bonds. The Labute approximate surface area is 198 Å². The van der Waals surface area contributed by atoms with E-state index in [1.807, 2.05) is 4.90 Å². The molecule has 4 aliphatic carbocycles. The third-order valence-electron chi connectivity index (χ3n) is 11.3. The molecule has 186 valence electrons. The summed E-state index contributed by atoms with van der Waals surface area (Å²) >= 11 is 0. The highest BCUT2D eigenvalue weighted by molar-refractivity contribution is 5.72. The summed E-state index contributed by atoms with van der Waals surface area (Å²) in [5, 5.41) is 9.87. The van der Waals surface area contributed by atoms with E-state index in [1.165, 1.54) is 0 Å². The van der Waals surface area contributed by atoms with Crippen molar-refractivity contribution in [3.63, 3.8) is 0 Å². The van der Waals surface area contributed by atoms with Crippen molar-refractivity contribution in [2.75, 3.05) is 33.2 Å². The lowest BCUT2D eigenvalue weighted by Crippen LogP contribution is -2.66. The summed E-state index contributed by atoms with van der Waals surface area (Å²) in [5.41, 5.74) is 6.77. The fraction of sp³-hybridized carbons (Fsp3) is 0.923. The molecule has 0 spiro atoms. The molecule has 8 atom stereocenters. The molecule has 0 unspecified atom stereocenters. The predicted octanol–water partition coefficient (Wildman–Crippen LogP) is 3.56. The number of aliphatic carboxylic acids is 1. The van der Waals surface area contributed by atoms with E-state index >= 15 is 0 Å². The van der Waals surface area contributed by atoms with E-state index in [1.54, 1.807) is 0 Å². The molecule has 7 heteroatoms. The SMILES string of the molecule is CN1CCN(C(=O)O[C@H]2CC[C@@]3(C)[C@H](CC[C@@H]4[C@@H]3CC[C@]3(C)[C@@H](C(=O)O)CC[C@]43N)C2)CC1. The highest BCUT2D eigenvalue weighted by Gasteiger charge is 2.67. The van der Waals surface area contributed by atoms with Gasteiger partial charge < -0.3 is 25.4 Å². The van der Waals surface area contributed by atoms with E-state index in [-0.39, 0.29) is 34.5 Å². The normalized spacial score (nSPS) is 47.9. The van der Waals surface area contributed by atoms with Crippen LogP contribution >= 0.6 is 0 Å². The molecule has 1 saturated heterocycles. The van der Waals surface area contributed by atoms with Crippen molar-refractivity contribution in [2.45, 2.75) is 83.3 Å². The molecule has 3 N–H and O–H groups in total. The van der Waals surface area contributed by atoms with Gasteiger partial charge >= 0.3 is 12.1 Å². The molecule has 33 heavy (non-hydrogen) atoms. The second-order valence-corrected chi connectivity index (χ2v) is 12.5. The van der Waals surface area contributed by atoms with Crippen molar-refractivity contribution in [2.24, 2.45) is 40.2 Å². The summed E-state index contributed by atoms with van der Waals surface area (Å²) in [5.74, 6) is 0.550. The van der Waals surface area contributed by atoms with Crippen LogP contribution in [0.5, 0.6) is 0 Å². The van der Waals surface area contributed by atoms with Crippen molar-refractivity contribution >= 4 is 12.1 Å². The minimum absolute atomic E-state index is 0.0235. The van der Waals surface area contributed by atoms with Crippen LogP contribution < -0.4 is 5.73 Å². The highest BCUT2D eigenvalue weighted by atomic mass is 16.6. The van der Waals surface area contributed by atoms with Gasteiger partial charge in [0.2, 0.25) is 0 Å². The van der Waals surface area contributed by atoms with Crippen LogP contribution in [0.25, 0.3) is 0 Å². The predicted molar refractivity (Wildman–Crippen MR) is 126 cm³/mol. The second-order valence-electron chi connectivity index (χ2n) is 12.5. The largest absolute Gasteiger partial charge is 0.481 e. The van der Waals surface area contributed by atoms with E-state index in [0.717, 1.165) is 84.0 Å². The lowest BCUT2D eigenvalue weighted by Gasteiger charge is -2.64. The van der Waals surface area contributed by atoms with E-state index in [4.69, 9.17) is 10.5 Å². The Kier molecular flexibility index (Phi) is 5.75. The number of likely N-dealkylation sites (N-methyl/N-ethyl adjacent to an activating group) is 1. The van der Waals surface area contributed by atoms with E-state index in [2.05, 4.69) is 25.8 Å². The lowest BCUT2D eigenvalue weighted by molar-refractivity contribution is -0.157. The number of carboxylic acids is 1. The Hall–Kier alpha value is -1.34. The third-order valence-corrected chi connectivity index (χ3v) is 11.3. The number of carbonyl (C=O) groups is 2. The van der Waals surface area contributed by atoms with Crippen LogP contribution in [0.4, 0.5) is 4.79 Å². The molecule has 0 aromatic heterocycles. The number of hydrogen-bond donors (Lipinski definition) is 2. The molecule has 0 bridgehead atoms. The van der Waals surface area contributed by atoms with E-state index in [0.29, 0.717) is 17.8 Å². The van der Waals surface area contributed by atoms with Crippen LogP contribution in [0, 0.1) is 34.5 Å². The number of carbonyl (C=O) groups excluding carboxylic acids is 1. The van der Waals surface area contributed by atoms with Gasteiger partial charge in [-0.15, -0.1) is 0 Å². The zero-order chi connectivity index (χ0) is 23.6. The summed E-state index contributed by atoms with van der Waals surface area (Å²) in [6.45, 7) is 7.95. The number of carboxylic acid groups (broad SMARTS) is 1. The molecule has 0 radical (unpaired) electrons. The topological polar surface area (TPSA) is 96.1 Å². The standard InChI is InChI=1S/C26H43N3O4/c1-24-9-6-18(33-23(32)29-14-12-28(3)13-15-29)16-17(24)4-5-20-19(24)7-10-25(2)21(22(30)31)8-11-26(20,25)27/h17-21H,4-16,27H2,1-3H3,(H,30,31)/t17-,18+,19+,20-,21-,24+,25-,26+/m1/s1. The van der Waals surface area contributed by atoms with Crippen molar-refractivity contribution in [1.82, 2.24) is 9.80 Å². The van der Waals surface area contributed by atoms with Gasteiger partial charge in [0, 0.05) is 31.7 Å². The summed E-state index contributed by atoms with van der Waals surface area (Å²) in [6.07, 6.45) is 8.64. The van der Waals surface area contributed by atoms with Gasteiger partial charge in [-0.2, -0.15) is 0 Å². The highest BCUT2D eigenvalue weighted by Crippen LogP contribution is 2.68. The number of rotatable bonds is 2. The van der Waals surface area contributed by atoms with Gasteiger partial charge in [0.05, 0.1) is 5.92 Å². The molecule has 0 aromatic rings. The Balaban J connectivity index is 1.26. The molecule has 5 rings (SSSR count). The first-order valence-corrected chi connectivity index (χ1v) is 13.2. The smallest absolute Gasteiger partial charge is 0.410 e. The van der Waals surface area contributed by atoms with Crippen LogP contribution in [0.2, 0.25) is 0 Å². The number of amides is 1. The first-order chi connectivity index (χ1) is 15.6. The van der Waals surface area contributed by atoms with E-state index < -0.39 is 5.97 Å². The second kappa shape index (κ2) is 8.11. The molecular weight excluding hydrogens is 418 g/mol. The molecule has 1 heterocycles. The molecular formula is C26H43N3O4. The molecule has 5 fully saturated rings. The quantitative estimate of drug-likeness (QED) is 0.653. The molecule has 0 aromatic carbocycles. The molecule has 5 aliphatic rings. The van der Waals surface area contributed by atoms with E-state index in [9.17, 15) is 14.7 Å². The number of hydrogen-bond acceptors (Lipinski definition) is 5. The Bertz CT molecular complexity index is 798. The average Bonchev–Trinajstić information content (AvgIpc) is 3.06. The molecule has 1 aliphatic heterocycles. The van der Waals surface area contributed by atoms with Gasteiger partial charge in [0.25, 0.3) is 0 Å². The van der Waals surface area contributed by atoms with Gasteiger partial charge in [-0.25, -0.2) is 4.79 Å². The van der Waals surface area contributed by atoms with Crippen LogP contribution in [-0.2, 0) is 9.53 Å². The van der Waals surface area contributed by atoms with Crippen LogP contribution in [0.15, 0.2) is 0 Å². The minimum Gasteiger partial charge on any atom is -0.481 e. The number of ether oxygens (including phenoxy) is 1. The summed E-state index contributed by atoms with van der Waals surface area (Å²) < 4.78 is 6.02. The number of nitrogens with zero attached hydrogens (tertiary/aromatic N) is 2. The maximum atomic E-state index is 12.7. The van der Waals surface area contributed by atoms with Crippen molar-refractivity contribution < 1.29 is 19.4 Å². The number of fused-ring (bicyclic) bond motifs is 5. The molecule has 7 nitrogen and oxygen atoms in total. The minimum atomic E-state index is -0.661.